The third kappa shape index (κ3) is 2.52. The molecule has 0 amide bonds. The summed E-state index contributed by atoms with van der Waals surface area (Å²) in [6.45, 7) is 1.85. The molecule has 3 rings (SSSR count). The zero-order chi connectivity index (χ0) is 13.3. The molecule has 0 aromatic heterocycles. The second-order valence-electron chi connectivity index (χ2n) is 5.50. The van der Waals surface area contributed by atoms with Gasteiger partial charge in [0.2, 0.25) is 0 Å². The number of benzene rings is 1. The van der Waals surface area contributed by atoms with Crippen molar-refractivity contribution in [3.05, 3.63) is 24.3 Å². The van der Waals surface area contributed by atoms with Crippen LogP contribution < -0.4 is 10.1 Å². The highest BCUT2D eigenvalue weighted by molar-refractivity contribution is 5.52. The first-order chi connectivity index (χ1) is 9.24. The summed E-state index contributed by atoms with van der Waals surface area (Å²) in [7, 11) is 1.66. The summed E-state index contributed by atoms with van der Waals surface area (Å²) in [5.41, 5.74) is 0.508. The van der Waals surface area contributed by atoms with Gasteiger partial charge in [0.15, 0.2) is 0 Å². The number of nitrogens with zero attached hydrogens (tertiary/aromatic N) is 2. The Balaban J connectivity index is 1.74. The molecular formula is C15H19N3O. The van der Waals surface area contributed by atoms with E-state index in [1.165, 1.54) is 12.8 Å². The van der Waals surface area contributed by atoms with Gasteiger partial charge < -0.3 is 10.1 Å². The van der Waals surface area contributed by atoms with Gasteiger partial charge in [0.05, 0.1) is 13.2 Å². The van der Waals surface area contributed by atoms with Crippen LogP contribution in [0, 0.1) is 11.3 Å². The molecular weight excluding hydrogens is 238 g/mol. The Morgan fingerprint density at radius 3 is 3.00 bits per heavy atom. The molecule has 1 unspecified atom stereocenters. The van der Waals surface area contributed by atoms with Crippen LogP contribution in [0.4, 0.5) is 5.69 Å². The standard InChI is InChI=1S/C15H19N3O/c1-19-14-4-2-3-12(9-14)17-15(10-16)7-8-18(11-15)13-5-6-13/h2-4,9,13,17H,5-8,11H2,1H3. The minimum absolute atomic E-state index is 0.449. The maximum atomic E-state index is 9.55. The van der Waals surface area contributed by atoms with Crippen LogP contribution in [-0.2, 0) is 0 Å². The Morgan fingerprint density at radius 2 is 2.32 bits per heavy atom. The average molecular weight is 257 g/mol. The van der Waals surface area contributed by atoms with Crippen molar-refractivity contribution < 1.29 is 4.74 Å². The summed E-state index contributed by atoms with van der Waals surface area (Å²) in [5, 5.41) is 13.0. The van der Waals surface area contributed by atoms with Crippen LogP contribution in [-0.4, -0.2) is 36.7 Å². The molecule has 1 saturated carbocycles. The van der Waals surface area contributed by atoms with E-state index in [0.29, 0.717) is 0 Å². The summed E-state index contributed by atoms with van der Waals surface area (Å²) in [5.74, 6) is 0.815. The van der Waals surface area contributed by atoms with Crippen molar-refractivity contribution in [2.45, 2.75) is 30.8 Å². The van der Waals surface area contributed by atoms with Crippen LogP contribution in [0.3, 0.4) is 0 Å². The second kappa shape index (κ2) is 4.75. The Morgan fingerprint density at radius 1 is 1.47 bits per heavy atom. The minimum Gasteiger partial charge on any atom is -0.497 e. The quantitative estimate of drug-likeness (QED) is 0.898. The molecule has 4 nitrogen and oxygen atoms in total. The van der Waals surface area contributed by atoms with Gasteiger partial charge in [-0.2, -0.15) is 5.26 Å². The fraction of sp³-hybridized carbons (Fsp3) is 0.533. The molecule has 100 valence electrons. The molecule has 1 heterocycles. The van der Waals surface area contributed by atoms with Crippen molar-refractivity contribution in [1.82, 2.24) is 4.90 Å². The van der Waals surface area contributed by atoms with Crippen molar-refractivity contribution >= 4 is 5.69 Å². The van der Waals surface area contributed by atoms with Gasteiger partial charge in [0.25, 0.3) is 0 Å². The number of hydrogen-bond donors (Lipinski definition) is 1. The molecule has 1 aromatic rings. The Kier molecular flexibility index (Phi) is 3.08. The number of methoxy groups -OCH3 is 1. The van der Waals surface area contributed by atoms with Crippen molar-refractivity contribution in [3.8, 4) is 11.8 Å². The van der Waals surface area contributed by atoms with Gasteiger partial charge in [-0.05, 0) is 31.4 Å². The van der Waals surface area contributed by atoms with Crippen molar-refractivity contribution in [2.24, 2.45) is 0 Å². The number of ether oxygens (including phenoxy) is 1. The molecule has 4 heteroatoms. The number of likely N-dealkylation sites (tertiary alicyclic amines) is 1. The fourth-order valence-electron chi connectivity index (χ4n) is 2.79. The smallest absolute Gasteiger partial charge is 0.139 e. The predicted octanol–water partition coefficient (Wildman–Crippen LogP) is 2.24. The molecule has 1 atom stereocenters. The highest BCUT2D eigenvalue weighted by Crippen LogP contribution is 2.35. The lowest BCUT2D eigenvalue weighted by Gasteiger charge is -2.24. The van der Waals surface area contributed by atoms with Crippen molar-refractivity contribution in [1.29, 1.82) is 5.26 Å². The lowest BCUT2D eigenvalue weighted by Crippen LogP contribution is -2.40. The van der Waals surface area contributed by atoms with E-state index >= 15 is 0 Å². The Hall–Kier alpha value is -1.73. The Bertz CT molecular complexity index is 506. The maximum Gasteiger partial charge on any atom is 0.139 e. The molecule has 1 N–H and O–H groups in total. The van der Waals surface area contributed by atoms with Crippen molar-refractivity contribution in [3.63, 3.8) is 0 Å². The molecule has 1 saturated heterocycles. The number of nitrogens with one attached hydrogen (secondary N) is 1. The van der Waals surface area contributed by atoms with Gasteiger partial charge in [-0.3, -0.25) is 4.90 Å². The second-order valence-corrected chi connectivity index (χ2v) is 5.50. The SMILES string of the molecule is COc1cccc(NC2(C#N)CCN(C3CC3)C2)c1. The van der Waals surface area contributed by atoms with Crippen LogP contribution in [0.5, 0.6) is 5.75 Å². The van der Waals surface area contributed by atoms with Crippen LogP contribution >= 0.6 is 0 Å². The molecule has 0 spiro atoms. The summed E-state index contributed by atoms with van der Waals surface area (Å²) in [6.07, 6.45) is 3.47. The lowest BCUT2D eigenvalue weighted by molar-refractivity contribution is 0.319. The summed E-state index contributed by atoms with van der Waals surface area (Å²) in [6, 6.07) is 11.0. The first kappa shape index (κ1) is 12.3. The van der Waals surface area contributed by atoms with Gasteiger partial charge in [-0.1, -0.05) is 6.07 Å². The molecule has 1 aromatic carbocycles. The topological polar surface area (TPSA) is 48.3 Å². The minimum atomic E-state index is -0.449. The zero-order valence-electron chi connectivity index (χ0n) is 11.2. The predicted molar refractivity (Wildman–Crippen MR) is 74.2 cm³/mol. The third-order valence-corrected chi connectivity index (χ3v) is 4.03. The van der Waals surface area contributed by atoms with E-state index in [2.05, 4.69) is 16.3 Å². The number of nitriles is 1. The largest absolute Gasteiger partial charge is 0.497 e. The summed E-state index contributed by atoms with van der Waals surface area (Å²) >= 11 is 0. The molecule has 0 radical (unpaired) electrons. The van der Waals surface area contributed by atoms with Gasteiger partial charge in [-0.15, -0.1) is 0 Å². The zero-order valence-corrected chi connectivity index (χ0v) is 11.2. The summed E-state index contributed by atoms with van der Waals surface area (Å²) in [4.78, 5) is 2.44. The van der Waals surface area contributed by atoms with E-state index in [4.69, 9.17) is 4.74 Å². The molecule has 1 aliphatic carbocycles. The fourth-order valence-corrected chi connectivity index (χ4v) is 2.79. The number of anilines is 1. The average Bonchev–Trinajstić information content (AvgIpc) is 3.21. The van der Waals surface area contributed by atoms with Crippen LogP contribution in [0.2, 0.25) is 0 Å². The van der Waals surface area contributed by atoms with Crippen molar-refractivity contribution in [2.75, 3.05) is 25.5 Å². The molecule has 0 bridgehead atoms. The summed E-state index contributed by atoms with van der Waals surface area (Å²) < 4.78 is 5.22. The van der Waals surface area contributed by atoms with E-state index in [0.717, 1.165) is 37.0 Å². The van der Waals surface area contributed by atoms with E-state index < -0.39 is 5.54 Å². The highest BCUT2D eigenvalue weighted by atomic mass is 16.5. The van der Waals surface area contributed by atoms with E-state index in [1.54, 1.807) is 7.11 Å². The number of hydrogen-bond acceptors (Lipinski definition) is 4. The molecule has 19 heavy (non-hydrogen) atoms. The van der Waals surface area contributed by atoms with Gasteiger partial charge in [0.1, 0.15) is 11.3 Å². The highest BCUT2D eigenvalue weighted by Gasteiger charge is 2.43. The first-order valence-electron chi connectivity index (χ1n) is 6.82. The van der Waals surface area contributed by atoms with Crippen LogP contribution in [0.25, 0.3) is 0 Å². The number of rotatable bonds is 4. The van der Waals surface area contributed by atoms with Crippen LogP contribution in [0.15, 0.2) is 24.3 Å². The van der Waals surface area contributed by atoms with Gasteiger partial charge >= 0.3 is 0 Å². The Labute approximate surface area is 114 Å². The lowest BCUT2D eigenvalue weighted by atomic mass is 10.0. The van der Waals surface area contributed by atoms with Gasteiger partial charge in [-0.25, -0.2) is 0 Å². The van der Waals surface area contributed by atoms with Crippen LogP contribution in [0.1, 0.15) is 19.3 Å². The third-order valence-electron chi connectivity index (χ3n) is 4.03. The molecule has 2 aliphatic rings. The van der Waals surface area contributed by atoms with E-state index in [1.807, 2.05) is 24.3 Å². The maximum absolute atomic E-state index is 9.55. The normalized spacial score (nSPS) is 26.9. The first-order valence-corrected chi connectivity index (χ1v) is 6.82. The van der Waals surface area contributed by atoms with E-state index in [-0.39, 0.29) is 0 Å². The molecule has 1 aliphatic heterocycles. The monoisotopic (exact) mass is 257 g/mol. The molecule has 2 fully saturated rings. The van der Waals surface area contributed by atoms with Gasteiger partial charge in [0, 0.05) is 30.9 Å². The van der Waals surface area contributed by atoms with E-state index in [9.17, 15) is 5.26 Å².